The van der Waals surface area contributed by atoms with Crippen molar-refractivity contribution in [1.29, 1.82) is 0 Å². The zero-order valence-corrected chi connectivity index (χ0v) is 20.8. The maximum absolute atomic E-state index is 2.33. The van der Waals surface area contributed by atoms with E-state index >= 15 is 0 Å². The molecule has 5 rings (SSSR count). The Bertz CT molecular complexity index is 1210. The van der Waals surface area contributed by atoms with Gasteiger partial charge >= 0.3 is 0 Å². The second-order valence-electron chi connectivity index (χ2n) is 8.36. The summed E-state index contributed by atoms with van der Waals surface area (Å²) in [5.74, 6) is 0.977. The molecule has 5 aromatic carbocycles. The molecule has 0 spiro atoms. The molecule has 0 radical (unpaired) electrons. The minimum atomic E-state index is -1.91. The first-order chi connectivity index (χ1) is 16.9. The van der Waals surface area contributed by atoms with E-state index in [0.29, 0.717) is 0 Å². The molecule has 0 bridgehead atoms. The molecule has 0 aliphatic heterocycles. The second kappa shape index (κ2) is 10.9. The van der Waals surface area contributed by atoms with Crippen LogP contribution in [0.4, 0.5) is 0 Å². The van der Waals surface area contributed by atoms with Crippen LogP contribution >= 0.6 is 19.0 Å². The molecule has 166 valence electrons. The van der Waals surface area contributed by atoms with Crippen molar-refractivity contribution in [3.63, 3.8) is 0 Å². The van der Waals surface area contributed by atoms with Crippen LogP contribution in [-0.4, -0.2) is 0 Å². The van der Waals surface area contributed by atoms with E-state index in [0.717, 1.165) is 11.9 Å². The standard InChI is InChI=1S/C32H28PS/c1-5-15-27(16-6-1)26-34-32-24-14-13-17-28(32)25-33(29-18-7-2-8-19-29,30-20-9-3-10-21-30)31-22-11-4-12-23-31/h1-24H,25-26H2/q+1. The Labute approximate surface area is 208 Å². The number of benzene rings is 5. The van der Waals surface area contributed by atoms with Gasteiger partial charge in [0.1, 0.15) is 23.2 Å². The summed E-state index contributed by atoms with van der Waals surface area (Å²) in [6, 6.07) is 53.2. The highest BCUT2D eigenvalue weighted by molar-refractivity contribution is 7.98. The summed E-state index contributed by atoms with van der Waals surface area (Å²) in [6.07, 6.45) is 1.00. The van der Waals surface area contributed by atoms with E-state index in [1.54, 1.807) is 0 Å². The second-order valence-corrected chi connectivity index (χ2v) is 12.9. The molecule has 34 heavy (non-hydrogen) atoms. The lowest BCUT2D eigenvalue weighted by Crippen LogP contribution is -2.32. The molecule has 0 saturated heterocycles. The lowest BCUT2D eigenvalue weighted by molar-refractivity contribution is 1.25. The van der Waals surface area contributed by atoms with E-state index in [4.69, 9.17) is 0 Å². The van der Waals surface area contributed by atoms with Gasteiger partial charge in [0.25, 0.3) is 0 Å². The minimum absolute atomic E-state index is 0.977. The van der Waals surface area contributed by atoms with E-state index < -0.39 is 7.26 Å². The van der Waals surface area contributed by atoms with Gasteiger partial charge in [-0.05, 0) is 48.0 Å². The maximum Gasteiger partial charge on any atom is 0.116 e. The predicted molar refractivity (Wildman–Crippen MR) is 151 cm³/mol. The van der Waals surface area contributed by atoms with Gasteiger partial charge in [-0.1, -0.05) is 103 Å². The van der Waals surface area contributed by atoms with Crippen LogP contribution in [-0.2, 0) is 11.9 Å². The molecule has 0 heterocycles. The lowest BCUT2D eigenvalue weighted by Gasteiger charge is -2.28. The van der Waals surface area contributed by atoms with Crippen LogP contribution in [0.5, 0.6) is 0 Å². The average Bonchev–Trinajstić information content (AvgIpc) is 2.93. The molecule has 0 unspecified atom stereocenters. The van der Waals surface area contributed by atoms with Crippen LogP contribution in [0.25, 0.3) is 0 Å². The first kappa shape index (κ1) is 22.7. The van der Waals surface area contributed by atoms with Crippen molar-refractivity contribution in [2.75, 3.05) is 0 Å². The molecule has 0 N–H and O–H groups in total. The largest absolute Gasteiger partial charge is 0.121 e. The third kappa shape index (κ3) is 4.87. The molecule has 0 saturated carbocycles. The lowest BCUT2D eigenvalue weighted by atomic mass is 10.2. The zero-order valence-electron chi connectivity index (χ0n) is 19.1. The molecule has 0 atom stereocenters. The highest BCUT2D eigenvalue weighted by atomic mass is 32.2. The van der Waals surface area contributed by atoms with Crippen molar-refractivity contribution in [2.24, 2.45) is 0 Å². The fraction of sp³-hybridized carbons (Fsp3) is 0.0625. The minimum Gasteiger partial charge on any atom is -0.121 e. The molecule has 0 aliphatic carbocycles. The molecular formula is C32H28PS+. The Balaban J connectivity index is 1.63. The Kier molecular flexibility index (Phi) is 7.25. The van der Waals surface area contributed by atoms with Crippen molar-refractivity contribution in [3.05, 3.63) is 157 Å². The third-order valence-electron chi connectivity index (χ3n) is 6.21. The van der Waals surface area contributed by atoms with Crippen molar-refractivity contribution < 1.29 is 0 Å². The van der Waals surface area contributed by atoms with Crippen molar-refractivity contribution >= 4 is 34.9 Å². The van der Waals surface area contributed by atoms with E-state index in [-0.39, 0.29) is 0 Å². The monoisotopic (exact) mass is 475 g/mol. The van der Waals surface area contributed by atoms with Gasteiger partial charge in [-0.25, -0.2) is 0 Å². The average molecular weight is 476 g/mol. The normalized spacial score (nSPS) is 11.3. The van der Waals surface area contributed by atoms with Crippen molar-refractivity contribution in [1.82, 2.24) is 0 Å². The Morgan fingerprint density at radius 2 is 0.853 bits per heavy atom. The fourth-order valence-corrected chi connectivity index (χ4v) is 9.93. The van der Waals surface area contributed by atoms with Gasteiger partial charge < -0.3 is 0 Å². The van der Waals surface area contributed by atoms with E-state index in [9.17, 15) is 0 Å². The van der Waals surface area contributed by atoms with Crippen LogP contribution in [0.2, 0.25) is 0 Å². The number of thioether (sulfide) groups is 1. The van der Waals surface area contributed by atoms with Gasteiger partial charge in [0, 0.05) is 16.2 Å². The highest BCUT2D eigenvalue weighted by Crippen LogP contribution is 2.58. The van der Waals surface area contributed by atoms with Gasteiger partial charge in [-0.2, -0.15) is 0 Å². The van der Waals surface area contributed by atoms with Gasteiger partial charge in [0.15, 0.2) is 0 Å². The first-order valence-corrected chi connectivity index (χ1v) is 14.6. The van der Waals surface area contributed by atoms with E-state index in [2.05, 4.69) is 146 Å². The Morgan fingerprint density at radius 1 is 0.441 bits per heavy atom. The van der Waals surface area contributed by atoms with E-state index in [1.165, 1.54) is 31.9 Å². The van der Waals surface area contributed by atoms with Gasteiger partial charge in [-0.3, -0.25) is 0 Å². The summed E-state index contributed by atoms with van der Waals surface area (Å²) in [4.78, 5) is 1.37. The van der Waals surface area contributed by atoms with Gasteiger partial charge in [0.2, 0.25) is 0 Å². The molecule has 5 aromatic rings. The molecule has 0 fully saturated rings. The predicted octanol–water partition coefficient (Wildman–Crippen LogP) is 7.47. The van der Waals surface area contributed by atoms with E-state index in [1.807, 2.05) is 11.8 Å². The van der Waals surface area contributed by atoms with Crippen LogP contribution in [0.3, 0.4) is 0 Å². The molecule has 0 amide bonds. The van der Waals surface area contributed by atoms with Crippen LogP contribution in [0.1, 0.15) is 11.1 Å². The SMILES string of the molecule is c1ccc(CSc2ccccc2C[P+](c2ccccc2)(c2ccccc2)c2ccccc2)cc1. The molecule has 0 aromatic heterocycles. The van der Waals surface area contributed by atoms with Crippen LogP contribution in [0.15, 0.2) is 150 Å². The Morgan fingerprint density at radius 3 is 1.35 bits per heavy atom. The molecule has 0 nitrogen and oxygen atoms in total. The summed E-state index contributed by atoms with van der Waals surface area (Å²) in [7, 11) is -1.91. The highest BCUT2D eigenvalue weighted by Gasteiger charge is 2.45. The summed E-state index contributed by atoms with van der Waals surface area (Å²) in [6.45, 7) is 0. The molecular weight excluding hydrogens is 447 g/mol. The van der Waals surface area contributed by atoms with Gasteiger partial charge in [0.05, 0.1) is 6.16 Å². The summed E-state index contributed by atoms with van der Waals surface area (Å²) < 4.78 is 0. The Hall–Kier alpha value is -3.12. The molecule has 0 aliphatic rings. The number of hydrogen-bond acceptors (Lipinski definition) is 1. The topological polar surface area (TPSA) is 0 Å². The third-order valence-corrected chi connectivity index (χ3v) is 11.7. The maximum atomic E-state index is 2.33. The quantitative estimate of drug-likeness (QED) is 0.166. The van der Waals surface area contributed by atoms with Gasteiger partial charge in [-0.15, -0.1) is 11.8 Å². The van der Waals surface area contributed by atoms with Crippen molar-refractivity contribution in [3.8, 4) is 0 Å². The number of hydrogen-bond donors (Lipinski definition) is 0. The van der Waals surface area contributed by atoms with Crippen molar-refractivity contribution in [2.45, 2.75) is 16.8 Å². The van der Waals surface area contributed by atoms with Crippen LogP contribution in [0, 0.1) is 0 Å². The fourth-order valence-electron chi connectivity index (χ4n) is 4.53. The number of rotatable bonds is 8. The first-order valence-electron chi connectivity index (χ1n) is 11.7. The zero-order chi connectivity index (χ0) is 23.1. The van der Waals surface area contributed by atoms with Crippen LogP contribution < -0.4 is 15.9 Å². The molecule has 2 heteroatoms. The smallest absolute Gasteiger partial charge is 0.116 e. The summed E-state index contributed by atoms with van der Waals surface area (Å²) in [5, 5.41) is 4.28. The summed E-state index contributed by atoms with van der Waals surface area (Å²) in [5.41, 5.74) is 2.78. The summed E-state index contributed by atoms with van der Waals surface area (Å²) >= 11 is 1.94.